The number of rotatable bonds is 3. The highest BCUT2D eigenvalue weighted by Crippen LogP contribution is 2.23. The van der Waals surface area contributed by atoms with Gasteiger partial charge in [-0.25, -0.2) is 0 Å². The van der Waals surface area contributed by atoms with Crippen LogP contribution in [-0.4, -0.2) is 33.2 Å². The standard InChI is InChI=1S/C10H8N4O5S/c15-9(12-10-11-1-2-20-10)6-3-7(13(16)17)5-8(4-6)14(18)19/h3-5H,1-2H2,(H,11,12,15). The first kappa shape index (κ1) is 13.9. The average Bonchev–Trinajstić information content (AvgIpc) is 2.90. The molecule has 0 unspecified atom stereocenters. The second kappa shape index (κ2) is 5.65. The molecule has 0 aromatic heterocycles. The molecule has 0 saturated heterocycles. The lowest BCUT2D eigenvalue weighted by molar-refractivity contribution is -0.394. The van der Waals surface area contributed by atoms with Crippen molar-refractivity contribution in [3.05, 3.63) is 44.0 Å². The number of hydrogen-bond donors (Lipinski definition) is 1. The zero-order chi connectivity index (χ0) is 14.7. The third-order valence-corrected chi connectivity index (χ3v) is 3.28. The summed E-state index contributed by atoms with van der Waals surface area (Å²) in [5, 5.41) is 24.3. The van der Waals surface area contributed by atoms with Gasteiger partial charge < -0.3 is 5.32 Å². The first-order valence-electron chi connectivity index (χ1n) is 5.40. The number of carbonyl (C=O) groups is 1. The molecule has 1 heterocycles. The molecule has 1 N–H and O–H groups in total. The van der Waals surface area contributed by atoms with Crippen LogP contribution < -0.4 is 5.32 Å². The van der Waals surface area contributed by atoms with Crippen molar-refractivity contribution in [3.63, 3.8) is 0 Å². The summed E-state index contributed by atoms with van der Waals surface area (Å²) in [6.45, 7) is 0.579. The van der Waals surface area contributed by atoms with Crippen LogP contribution in [0.3, 0.4) is 0 Å². The van der Waals surface area contributed by atoms with E-state index in [4.69, 9.17) is 0 Å². The molecule has 0 spiro atoms. The molecule has 0 aliphatic carbocycles. The van der Waals surface area contributed by atoms with Crippen molar-refractivity contribution in [2.45, 2.75) is 0 Å². The number of thioether (sulfide) groups is 1. The van der Waals surface area contributed by atoms with E-state index in [-0.39, 0.29) is 5.56 Å². The Morgan fingerprint density at radius 1 is 1.20 bits per heavy atom. The van der Waals surface area contributed by atoms with Crippen molar-refractivity contribution in [2.24, 2.45) is 4.99 Å². The molecule has 9 nitrogen and oxygen atoms in total. The van der Waals surface area contributed by atoms with Crippen molar-refractivity contribution >= 4 is 34.2 Å². The van der Waals surface area contributed by atoms with Crippen LogP contribution in [0, 0.1) is 20.2 Å². The molecule has 1 amide bonds. The predicted molar refractivity (Wildman–Crippen MR) is 72.0 cm³/mol. The normalized spacial score (nSPS) is 13.7. The summed E-state index contributed by atoms with van der Waals surface area (Å²) in [5.41, 5.74) is -1.17. The molecule has 2 rings (SSSR count). The van der Waals surface area contributed by atoms with Gasteiger partial charge in [0.15, 0.2) is 5.17 Å². The van der Waals surface area contributed by atoms with Crippen LogP contribution in [0.15, 0.2) is 23.2 Å². The molecule has 0 radical (unpaired) electrons. The lowest BCUT2D eigenvalue weighted by atomic mass is 10.1. The summed E-state index contributed by atoms with van der Waals surface area (Å²) < 4.78 is 0. The first-order chi connectivity index (χ1) is 9.47. The van der Waals surface area contributed by atoms with Crippen LogP contribution in [0.2, 0.25) is 0 Å². The lowest BCUT2D eigenvalue weighted by Gasteiger charge is -2.04. The maximum Gasteiger partial charge on any atom is 0.277 e. The van der Waals surface area contributed by atoms with Gasteiger partial charge in [-0.1, -0.05) is 11.8 Å². The van der Waals surface area contributed by atoms with Gasteiger partial charge in [-0.2, -0.15) is 0 Å². The largest absolute Gasteiger partial charge is 0.301 e. The van der Waals surface area contributed by atoms with Crippen molar-refractivity contribution in [3.8, 4) is 0 Å². The Balaban J connectivity index is 2.31. The fraction of sp³-hybridized carbons (Fsp3) is 0.200. The monoisotopic (exact) mass is 296 g/mol. The number of aliphatic imine (C=N–C) groups is 1. The second-order valence-corrected chi connectivity index (χ2v) is 4.83. The summed E-state index contributed by atoms with van der Waals surface area (Å²) in [6, 6.07) is 2.78. The number of nitrogens with one attached hydrogen (secondary N) is 1. The molecule has 1 aromatic rings. The van der Waals surface area contributed by atoms with Gasteiger partial charge in [-0.05, 0) is 0 Å². The van der Waals surface area contributed by atoms with Gasteiger partial charge >= 0.3 is 0 Å². The molecule has 0 atom stereocenters. The molecule has 10 heteroatoms. The number of non-ortho nitro benzene ring substituents is 2. The molecule has 0 saturated carbocycles. The van der Waals surface area contributed by atoms with Crippen molar-refractivity contribution in [2.75, 3.05) is 12.3 Å². The Morgan fingerprint density at radius 2 is 1.80 bits per heavy atom. The minimum absolute atomic E-state index is 0.152. The SMILES string of the molecule is O=C(NC1=NCCS1)c1cc([N+](=O)[O-])cc([N+](=O)[O-])c1. The number of amides is 1. The van der Waals surface area contributed by atoms with Gasteiger partial charge in [0, 0.05) is 17.9 Å². The third kappa shape index (κ3) is 3.09. The molecular formula is C10H8N4O5S. The smallest absolute Gasteiger partial charge is 0.277 e. The maximum atomic E-state index is 11.9. The first-order valence-corrected chi connectivity index (χ1v) is 6.38. The van der Waals surface area contributed by atoms with Gasteiger partial charge in [0.05, 0.1) is 28.0 Å². The number of nitro groups is 2. The van der Waals surface area contributed by atoms with E-state index in [2.05, 4.69) is 10.3 Å². The molecule has 1 aliphatic rings. The quantitative estimate of drug-likeness (QED) is 0.662. The zero-order valence-corrected chi connectivity index (χ0v) is 10.8. The van der Waals surface area contributed by atoms with Gasteiger partial charge in [0.2, 0.25) is 0 Å². The van der Waals surface area contributed by atoms with Crippen LogP contribution in [0.4, 0.5) is 11.4 Å². The molecule has 104 valence electrons. The highest BCUT2D eigenvalue weighted by atomic mass is 32.2. The van der Waals surface area contributed by atoms with E-state index < -0.39 is 27.1 Å². The summed E-state index contributed by atoms with van der Waals surface area (Å²) in [6.07, 6.45) is 0. The number of benzene rings is 1. The number of amidine groups is 1. The summed E-state index contributed by atoms with van der Waals surface area (Å²) >= 11 is 1.34. The van der Waals surface area contributed by atoms with Crippen LogP contribution >= 0.6 is 11.8 Å². The summed E-state index contributed by atoms with van der Waals surface area (Å²) in [7, 11) is 0. The van der Waals surface area contributed by atoms with Crippen molar-refractivity contribution < 1.29 is 14.6 Å². The van der Waals surface area contributed by atoms with E-state index in [0.717, 1.165) is 24.0 Å². The van der Waals surface area contributed by atoms with Gasteiger partial charge in [-0.15, -0.1) is 0 Å². The summed E-state index contributed by atoms with van der Waals surface area (Å²) in [4.78, 5) is 35.8. The van der Waals surface area contributed by atoms with Gasteiger partial charge in [-0.3, -0.25) is 30.0 Å². The van der Waals surface area contributed by atoms with Crippen LogP contribution in [-0.2, 0) is 0 Å². The molecular weight excluding hydrogens is 288 g/mol. The topological polar surface area (TPSA) is 128 Å². The van der Waals surface area contributed by atoms with E-state index in [1.807, 2.05) is 0 Å². The van der Waals surface area contributed by atoms with Gasteiger partial charge in [0.1, 0.15) is 0 Å². The Morgan fingerprint density at radius 3 is 2.25 bits per heavy atom. The lowest BCUT2D eigenvalue weighted by Crippen LogP contribution is -2.27. The number of nitro benzene ring substituents is 2. The van der Waals surface area contributed by atoms with E-state index in [0.29, 0.717) is 11.7 Å². The minimum atomic E-state index is -0.786. The third-order valence-electron chi connectivity index (χ3n) is 2.39. The van der Waals surface area contributed by atoms with Gasteiger partial charge in [0.25, 0.3) is 17.3 Å². The second-order valence-electron chi connectivity index (χ2n) is 3.74. The molecule has 0 bridgehead atoms. The van der Waals surface area contributed by atoms with Crippen molar-refractivity contribution in [1.29, 1.82) is 0 Å². The van der Waals surface area contributed by atoms with E-state index in [1.54, 1.807) is 0 Å². The summed E-state index contributed by atoms with van der Waals surface area (Å²) in [5.74, 6) is 0.0787. The zero-order valence-electron chi connectivity index (χ0n) is 9.94. The number of carbonyl (C=O) groups excluding carboxylic acids is 1. The minimum Gasteiger partial charge on any atom is -0.301 e. The van der Waals surface area contributed by atoms with E-state index >= 15 is 0 Å². The molecule has 20 heavy (non-hydrogen) atoms. The maximum absolute atomic E-state index is 11.9. The molecule has 1 aromatic carbocycles. The van der Waals surface area contributed by atoms with Crippen molar-refractivity contribution in [1.82, 2.24) is 5.32 Å². The Kier molecular flexibility index (Phi) is 3.94. The predicted octanol–water partition coefficient (Wildman–Crippen LogP) is 1.34. The average molecular weight is 296 g/mol. The molecule has 0 fully saturated rings. The van der Waals surface area contributed by atoms with Crippen LogP contribution in [0.5, 0.6) is 0 Å². The number of nitrogens with zero attached hydrogens (tertiary/aromatic N) is 3. The van der Waals surface area contributed by atoms with Crippen LogP contribution in [0.25, 0.3) is 0 Å². The Hall–Kier alpha value is -2.49. The highest BCUT2D eigenvalue weighted by molar-refractivity contribution is 8.14. The number of hydrogen-bond acceptors (Lipinski definition) is 7. The molecule has 1 aliphatic heterocycles. The van der Waals surface area contributed by atoms with E-state index in [1.165, 1.54) is 11.8 Å². The Labute approximate surface area is 116 Å². The fourth-order valence-electron chi connectivity index (χ4n) is 1.52. The van der Waals surface area contributed by atoms with Crippen LogP contribution in [0.1, 0.15) is 10.4 Å². The highest BCUT2D eigenvalue weighted by Gasteiger charge is 2.21. The van der Waals surface area contributed by atoms with E-state index in [9.17, 15) is 25.0 Å². The fourth-order valence-corrected chi connectivity index (χ4v) is 2.24. The Bertz CT molecular complexity index is 598.